The molecule has 1 aromatic carbocycles. The maximum atomic E-state index is 12.9. The zero-order valence-electron chi connectivity index (χ0n) is 16.1. The monoisotopic (exact) mass is 408 g/mol. The maximum absolute atomic E-state index is 12.9. The van der Waals surface area contributed by atoms with Gasteiger partial charge in [0.15, 0.2) is 0 Å². The number of aryl methyl sites for hydroxylation is 1. The largest absolute Gasteiger partial charge is 0.375 e. The fourth-order valence-electron chi connectivity index (χ4n) is 3.06. The number of nitro groups is 1. The van der Waals surface area contributed by atoms with Crippen LogP contribution in [0, 0.1) is 17.0 Å². The first-order valence-corrected chi connectivity index (χ1v) is 10.3. The highest BCUT2D eigenvalue weighted by Gasteiger charge is 2.29. The van der Waals surface area contributed by atoms with Gasteiger partial charge >= 0.3 is 0 Å². The van der Waals surface area contributed by atoms with Crippen LogP contribution in [0.15, 0.2) is 29.3 Å². The highest BCUT2D eigenvalue weighted by atomic mass is 32.2. The lowest BCUT2D eigenvalue weighted by atomic mass is 10.2. The van der Waals surface area contributed by atoms with Crippen LogP contribution >= 0.6 is 0 Å². The van der Waals surface area contributed by atoms with E-state index in [9.17, 15) is 18.5 Å². The van der Waals surface area contributed by atoms with Crippen LogP contribution in [-0.4, -0.2) is 65.6 Å². The second-order valence-electron chi connectivity index (χ2n) is 6.88. The number of nitrogens with zero attached hydrogens (tertiary/aromatic N) is 5. The van der Waals surface area contributed by atoms with Crippen LogP contribution in [0.3, 0.4) is 0 Å². The molecule has 152 valence electrons. The Labute approximate surface area is 163 Å². The molecule has 28 heavy (non-hydrogen) atoms. The summed E-state index contributed by atoms with van der Waals surface area (Å²) >= 11 is 0. The van der Waals surface area contributed by atoms with E-state index in [1.54, 1.807) is 10.9 Å². The Morgan fingerprint density at radius 1 is 1.21 bits per heavy atom. The number of nitrogens with one attached hydrogen (secondary N) is 1. The molecule has 0 atom stereocenters. The summed E-state index contributed by atoms with van der Waals surface area (Å²) in [6, 6.07) is 4.00. The van der Waals surface area contributed by atoms with E-state index in [1.165, 1.54) is 16.4 Å². The number of hydrogen-bond acceptors (Lipinski definition) is 7. The summed E-state index contributed by atoms with van der Waals surface area (Å²) in [7, 11) is -0.0191. The average molecular weight is 408 g/mol. The smallest absolute Gasteiger partial charge is 0.293 e. The molecule has 0 amide bonds. The molecule has 0 saturated carbocycles. The van der Waals surface area contributed by atoms with Crippen molar-refractivity contribution in [3.8, 4) is 0 Å². The standard InChI is InChI=1S/C17H24N6O4S/c1-13-14(12-19-21(13)3)11-18-16-5-4-15(10-17(16)23(24)25)28(26,27)22-8-6-20(2)7-9-22/h4-5,10,12,18H,6-9,11H2,1-3H3. The number of aromatic nitrogens is 2. The number of piperazine rings is 1. The third-order valence-electron chi connectivity index (χ3n) is 5.07. The van der Waals surface area contributed by atoms with Gasteiger partial charge in [0, 0.05) is 57.1 Å². The van der Waals surface area contributed by atoms with Crippen LogP contribution in [0.2, 0.25) is 0 Å². The zero-order chi connectivity index (χ0) is 20.5. The van der Waals surface area contributed by atoms with Crippen molar-refractivity contribution in [2.75, 3.05) is 38.5 Å². The summed E-state index contributed by atoms with van der Waals surface area (Å²) in [6.45, 7) is 4.26. The van der Waals surface area contributed by atoms with E-state index in [2.05, 4.69) is 10.4 Å². The second kappa shape index (κ2) is 7.86. The van der Waals surface area contributed by atoms with Crippen LogP contribution in [0.25, 0.3) is 0 Å². The van der Waals surface area contributed by atoms with Gasteiger partial charge in [0.05, 0.1) is 16.0 Å². The van der Waals surface area contributed by atoms with Crippen LogP contribution in [0.1, 0.15) is 11.3 Å². The molecule has 11 heteroatoms. The molecule has 1 saturated heterocycles. The lowest BCUT2D eigenvalue weighted by Crippen LogP contribution is -2.47. The van der Waals surface area contributed by atoms with Crippen molar-refractivity contribution >= 4 is 21.4 Å². The predicted octanol–water partition coefficient (Wildman–Crippen LogP) is 1.18. The molecule has 0 aliphatic carbocycles. The van der Waals surface area contributed by atoms with Crippen molar-refractivity contribution < 1.29 is 13.3 Å². The molecule has 10 nitrogen and oxygen atoms in total. The fraction of sp³-hybridized carbons (Fsp3) is 0.471. The van der Waals surface area contributed by atoms with Crippen molar-refractivity contribution in [2.45, 2.75) is 18.4 Å². The predicted molar refractivity (Wildman–Crippen MR) is 105 cm³/mol. The summed E-state index contributed by atoms with van der Waals surface area (Å²) in [6.07, 6.45) is 1.69. The van der Waals surface area contributed by atoms with E-state index in [-0.39, 0.29) is 16.3 Å². The molecule has 3 rings (SSSR count). The zero-order valence-corrected chi connectivity index (χ0v) is 16.9. The number of hydrogen-bond donors (Lipinski definition) is 1. The summed E-state index contributed by atoms with van der Waals surface area (Å²) in [5, 5.41) is 18.7. The van der Waals surface area contributed by atoms with Gasteiger partial charge in [0.25, 0.3) is 5.69 Å². The van der Waals surface area contributed by atoms with Crippen LogP contribution < -0.4 is 5.32 Å². The number of anilines is 1. The molecule has 2 aromatic rings. The SMILES string of the molecule is Cc1c(CNc2ccc(S(=O)(=O)N3CCN(C)CC3)cc2[N+](=O)[O-])cnn1C. The molecular formula is C17H24N6O4S. The first-order chi connectivity index (χ1) is 13.2. The molecule has 2 heterocycles. The molecular weight excluding hydrogens is 384 g/mol. The first kappa shape index (κ1) is 20.2. The van der Waals surface area contributed by atoms with E-state index in [0.717, 1.165) is 17.3 Å². The van der Waals surface area contributed by atoms with Gasteiger partial charge in [-0.3, -0.25) is 14.8 Å². The van der Waals surface area contributed by atoms with Gasteiger partial charge in [0.1, 0.15) is 5.69 Å². The van der Waals surface area contributed by atoms with Crippen molar-refractivity contribution in [1.82, 2.24) is 19.0 Å². The molecule has 1 aliphatic rings. The van der Waals surface area contributed by atoms with Gasteiger partial charge in [-0.15, -0.1) is 0 Å². The summed E-state index contributed by atoms with van der Waals surface area (Å²) < 4.78 is 28.8. The Morgan fingerprint density at radius 3 is 2.46 bits per heavy atom. The van der Waals surface area contributed by atoms with Crippen LogP contribution in [0.4, 0.5) is 11.4 Å². The third kappa shape index (κ3) is 4.01. The molecule has 0 spiro atoms. The number of nitro benzene ring substituents is 1. The van der Waals surface area contributed by atoms with E-state index >= 15 is 0 Å². The van der Waals surface area contributed by atoms with Gasteiger partial charge < -0.3 is 10.2 Å². The Morgan fingerprint density at radius 2 is 1.89 bits per heavy atom. The number of sulfonamides is 1. The first-order valence-electron chi connectivity index (χ1n) is 8.88. The summed E-state index contributed by atoms with van der Waals surface area (Å²) in [4.78, 5) is 12.9. The van der Waals surface area contributed by atoms with Gasteiger partial charge in [-0.25, -0.2) is 8.42 Å². The molecule has 0 unspecified atom stereocenters. The Balaban J connectivity index is 1.84. The van der Waals surface area contributed by atoms with Crippen molar-refractivity contribution in [3.05, 3.63) is 45.8 Å². The number of rotatable bonds is 6. The van der Waals surface area contributed by atoms with E-state index < -0.39 is 14.9 Å². The second-order valence-corrected chi connectivity index (χ2v) is 8.81. The van der Waals surface area contributed by atoms with Gasteiger partial charge in [-0.05, 0) is 26.1 Å². The van der Waals surface area contributed by atoms with Crippen molar-refractivity contribution in [2.24, 2.45) is 7.05 Å². The number of likely N-dealkylation sites (N-methyl/N-ethyl adjacent to an activating group) is 1. The van der Waals surface area contributed by atoms with Crippen LogP contribution in [-0.2, 0) is 23.6 Å². The lowest BCUT2D eigenvalue weighted by Gasteiger charge is -2.31. The molecule has 0 radical (unpaired) electrons. The van der Waals surface area contributed by atoms with Crippen molar-refractivity contribution in [3.63, 3.8) is 0 Å². The lowest BCUT2D eigenvalue weighted by molar-refractivity contribution is -0.384. The average Bonchev–Trinajstić information content (AvgIpc) is 2.98. The Bertz CT molecular complexity index is 980. The van der Waals surface area contributed by atoms with E-state index in [4.69, 9.17) is 0 Å². The minimum absolute atomic E-state index is 0.0631. The number of benzene rings is 1. The topological polar surface area (TPSA) is 114 Å². The molecule has 1 aliphatic heterocycles. The van der Waals surface area contributed by atoms with Crippen molar-refractivity contribution in [1.29, 1.82) is 0 Å². The fourth-order valence-corrected chi connectivity index (χ4v) is 4.50. The molecule has 1 N–H and O–H groups in total. The van der Waals surface area contributed by atoms with Crippen LogP contribution in [0.5, 0.6) is 0 Å². The molecule has 1 aromatic heterocycles. The highest BCUT2D eigenvalue weighted by Crippen LogP contribution is 2.30. The maximum Gasteiger partial charge on any atom is 0.293 e. The van der Waals surface area contributed by atoms with E-state index in [0.29, 0.717) is 32.7 Å². The van der Waals surface area contributed by atoms with Gasteiger partial charge in [-0.2, -0.15) is 9.40 Å². The minimum atomic E-state index is -3.77. The quantitative estimate of drug-likeness (QED) is 0.564. The molecule has 1 fully saturated rings. The summed E-state index contributed by atoms with van der Waals surface area (Å²) in [5.41, 5.74) is 1.86. The van der Waals surface area contributed by atoms with E-state index in [1.807, 2.05) is 25.9 Å². The third-order valence-corrected chi connectivity index (χ3v) is 6.97. The van der Waals surface area contributed by atoms with Gasteiger partial charge in [0.2, 0.25) is 10.0 Å². The molecule has 0 bridgehead atoms. The highest BCUT2D eigenvalue weighted by molar-refractivity contribution is 7.89. The minimum Gasteiger partial charge on any atom is -0.375 e. The van der Waals surface area contributed by atoms with Gasteiger partial charge in [-0.1, -0.05) is 0 Å². The normalized spacial score (nSPS) is 16.2. The Hall–Kier alpha value is -2.50. The summed E-state index contributed by atoms with van der Waals surface area (Å²) in [5.74, 6) is 0. The Kier molecular flexibility index (Phi) is 5.68.